The van der Waals surface area contributed by atoms with Crippen LogP contribution in [0.15, 0.2) is 55.0 Å². The average Bonchev–Trinajstić information content (AvgIpc) is 2.59. The van der Waals surface area contributed by atoms with Crippen molar-refractivity contribution in [2.45, 2.75) is 25.9 Å². The largest absolute Gasteiger partial charge is 0.383 e. The lowest BCUT2D eigenvalue weighted by atomic mass is 10.0. The molecule has 0 saturated heterocycles. The van der Waals surface area contributed by atoms with Gasteiger partial charge in [-0.1, -0.05) is 17.7 Å². The number of hydrogen-bond acceptors (Lipinski definition) is 4. The Morgan fingerprint density at radius 2 is 2.00 bits per heavy atom. The summed E-state index contributed by atoms with van der Waals surface area (Å²) in [5, 5.41) is 8.86. The molecule has 124 valence electrons. The highest BCUT2D eigenvalue weighted by atomic mass is 35.5. The summed E-state index contributed by atoms with van der Waals surface area (Å²) in [6, 6.07) is 11.8. The van der Waals surface area contributed by atoms with Crippen LogP contribution in [-0.2, 0) is 6.54 Å². The summed E-state index contributed by atoms with van der Waals surface area (Å²) in [6.45, 7) is 5.93. The lowest BCUT2D eigenvalue weighted by Gasteiger charge is -2.27. The molecule has 0 unspecified atom stereocenters. The molecule has 0 saturated carbocycles. The number of aromatic nitrogens is 2. The van der Waals surface area contributed by atoms with Crippen LogP contribution >= 0.6 is 11.6 Å². The van der Waals surface area contributed by atoms with Crippen LogP contribution < -0.4 is 10.6 Å². The van der Waals surface area contributed by atoms with Crippen LogP contribution in [0.25, 0.3) is 10.9 Å². The molecule has 0 aliphatic carbocycles. The topological polar surface area (TPSA) is 49.8 Å². The highest BCUT2D eigenvalue weighted by Gasteiger charge is 2.17. The Morgan fingerprint density at radius 3 is 2.79 bits per heavy atom. The SMILES string of the molecule is CC(C)(CNc1ccnc2cc(Cl)ccc12)NCc1cccnc1. The third-order valence-corrected chi connectivity index (χ3v) is 4.15. The Labute approximate surface area is 147 Å². The van der Waals surface area contributed by atoms with Gasteiger partial charge in [0.25, 0.3) is 0 Å². The Balaban J connectivity index is 1.66. The van der Waals surface area contributed by atoms with Gasteiger partial charge in [0, 0.05) is 53.3 Å². The molecule has 3 rings (SSSR count). The van der Waals surface area contributed by atoms with Crippen molar-refractivity contribution in [3.63, 3.8) is 0 Å². The van der Waals surface area contributed by atoms with Gasteiger partial charge in [-0.25, -0.2) is 0 Å². The van der Waals surface area contributed by atoms with Crippen LogP contribution in [0.5, 0.6) is 0 Å². The molecule has 1 aromatic carbocycles. The predicted octanol–water partition coefficient (Wildman–Crippen LogP) is 4.26. The molecule has 0 aliphatic heterocycles. The number of benzene rings is 1. The molecular weight excluding hydrogens is 320 g/mol. The summed E-state index contributed by atoms with van der Waals surface area (Å²) in [5.74, 6) is 0. The van der Waals surface area contributed by atoms with E-state index in [1.54, 1.807) is 12.4 Å². The number of nitrogens with zero attached hydrogens (tertiary/aromatic N) is 2. The monoisotopic (exact) mass is 340 g/mol. The Hall–Kier alpha value is -2.17. The minimum Gasteiger partial charge on any atom is -0.383 e. The molecule has 0 radical (unpaired) electrons. The van der Waals surface area contributed by atoms with Crippen molar-refractivity contribution in [2.24, 2.45) is 0 Å². The molecule has 0 aliphatic rings. The number of pyridine rings is 2. The van der Waals surface area contributed by atoms with Crippen molar-refractivity contribution >= 4 is 28.2 Å². The summed E-state index contributed by atoms with van der Waals surface area (Å²) < 4.78 is 0. The van der Waals surface area contributed by atoms with Gasteiger partial charge in [0.1, 0.15) is 0 Å². The van der Waals surface area contributed by atoms with Crippen LogP contribution in [0, 0.1) is 0 Å². The first kappa shape index (κ1) is 16.7. The molecule has 2 aromatic heterocycles. The molecular formula is C19H21ClN4. The average molecular weight is 341 g/mol. The Bertz CT molecular complexity index is 818. The molecule has 0 bridgehead atoms. The maximum Gasteiger partial charge on any atom is 0.0737 e. The van der Waals surface area contributed by atoms with Crippen LogP contribution in [0.4, 0.5) is 5.69 Å². The number of nitrogens with one attached hydrogen (secondary N) is 2. The predicted molar refractivity (Wildman–Crippen MR) is 100 cm³/mol. The van der Waals surface area contributed by atoms with Crippen LogP contribution in [0.3, 0.4) is 0 Å². The van der Waals surface area contributed by atoms with E-state index in [-0.39, 0.29) is 5.54 Å². The van der Waals surface area contributed by atoms with E-state index in [0.717, 1.165) is 29.7 Å². The first-order chi connectivity index (χ1) is 11.5. The fraction of sp³-hybridized carbons (Fsp3) is 0.263. The van der Waals surface area contributed by atoms with Crippen molar-refractivity contribution in [3.05, 3.63) is 65.6 Å². The standard InChI is InChI=1S/C19H21ClN4/c1-19(2,24-12-14-4-3-8-21-11-14)13-23-17-7-9-22-18-10-15(20)5-6-16(17)18/h3-11,24H,12-13H2,1-2H3,(H,22,23). The molecule has 2 heterocycles. The van der Waals surface area contributed by atoms with Gasteiger partial charge in [-0.05, 0) is 49.7 Å². The van der Waals surface area contributed by atoms with E-state index in [1.807, 2.05) is 36.5 Å². The zero-order valence-electron chi connectivity index (χ0n) is 13.9. The fourth-order valence-electron chi connectivity index (χ4n) is 2.50. The minimum absolute atomic E-state index is 0.0716. The third kappa shape index (κ3) is 4.22. The highest BCUT2D eigenvalue weighted by molar-refractivity contribution is 6.31. The Kier molecular flexibility index (Phi) is 4.97. The van der Waals surface area contributed by atoms with Crippen LogP contribution in [-0.4, -0.2) is 22.1 Å². The van der Waals surface area contributed by atoms with Crippen molar-refractivity contribution in [1.82, 2.24) is 15.3 Å². The second-order valence-corrected chi connectivity index (χ2v) is 6.91. The summed E-state index contributed by atoms with van der Waals surface area (Å²) >= 11 is 6.04. The number of anilines is 1. The van der Waals surface area contributed by atoms with Gasteiger partial charge in [0.05, 0.1) is 5.52 Å². The van der Waals surface area contributed by atoms with Gasteiger partial charge in [0.2, 0.25) is 0 Å². The van der Waals surface area contributed by atoms with E-state index in [2.05, 4.69) is 40.5 Å². The molecule has 0 atom stereocenters. The summed E-state index contributed by atoms with van der Waals surface area (Å²) in [6.07, 6.45) is 5.48. The normalized spacial score (nSPS) is 11.6. The summed E-state index contributed by atoms with van der Waals surface area (Å²) in [5.41, 5.74) is 3.06. The molecule has 0 amide bonds. The minimum atomic E-state index is -0.0716. The first-order valence-electron chi connectivity index (χ1n) is 7.96. The highest BCUT2D eigenvalue weighted by Crippen LogP contribution is 2.24. The van der Waals surface area contributed by atoms with Crippen molar-refractivity contribution < 1.29 is 0 Å². The van der Waals surface area contributed by atoms with E-state index in [1.165, 1.54) is 5.56 Å². The van der Waals surface area contributed by atoms with Gasteiger partial charge in [0.15, 0.2) is 0 Å². The molecule has 3 aromatic rings. The summed E-state index contributed by atoms with van der Waals surface area (Å²) in [4.78, 5) is 8.52. The maximum absolute atomic E-state index is 6.04. The molecule has 2 N–H and O–H groups in total. The van der Waals surface area contributed by atoms with Gasteiger partial charge in [-0.2, -0.15) is 0 Å². The van der Waals surface area contributed by atoms with Crippen LogP contribution in [0.1, 0.15) is 19.4 Å². The number of hydrogen-bond donors (Lipinski definition) is 2. The Morgan fingerprint density at radius 1 is 1.12 bits per heavy atom. The van der Waals surface area contributed by atoms with Crippen molar-refractivity contribution in [3.8, 4) is 0 Å². The molecule has 5 heteroatoms. The van der Waals surface area contributed by atoms with Gasteiger partial charge in [-0.3, -0.25) is 9.97 Å². The van der Waals surface area contributed by atoms with Crippen LogP contribution in [0.2, 0.25) is 5.02 Å². The van der Waals surface area contributed by atoms with E-state index in [0.29, 0.717) is 5.02 Å². The number of rotatable bonds is 6. The van der Waals surface area contributed by atoms with Gasteiger partial charge in [-0.15, -0.1) is 0 Å². The van der Waals surface area contributed by atoms with Gasteiger partial charge < -0.3 is 10.6 Å². The van der Waals surface area contributed by atoms with E-state index in [4.69, 9.17) is 11.6 Å². The lowest BCUT2D eigenvalue weighted by molar-refractivity contribution is 0.407. The number of fused-ring (bicyclic) bond motifs is 1. The van der Waals surface area contributed by atoms with E-state index >= 15 is 0 Å². The van der Waals surface area contributed by atoms with Crippen molar-refractivity contribution in [1.29, 1.82) is 0 Å². The van der Waals surface area contributed by atoms with Crippen molar-refractivity contribution in [2.75, 3.05) is 11.9 Å². The first-order valence-corrected chi connectivity index (χ1v) is 8.33. The third-order valence-electron chi connectivity index (χ3n) is 3.92. The maximum atomic E-state index is 6.04. The second kappa shape index (κ2) is 7.16. The molecule has 4 nitrogen and oxygen atoms in total. The second-order valence-electron chi connectivity index (χ2n) is 6.47. The molecule has 24 heavy (non-hydrogen) atoms. The lowest BCUT2D eigenvalue weighted by Crippen LogP contribution is -2.44. The fourth-order valence-corrected chi connectivity index (χ4v) is 2.66. The number of halogens is 1. The zero-order chi connectivity index (χ0) is 17.0. The smallest absolute Gasteiger partial charge is 0.0737 e. The van der Waals surface area contributed by atoms with E-state index in [9.17, 15) is 0 Å². The molecule has 0 fully saturated rings. The molecule has 0 spiro atoms. The quantitative estimate of drug-likeness (QED) is 0.703. The zero-order valence-corrected chi connectivity index (χ0v) is 14.6. The summed E-state index contributed by atoms with van der Waals surface area (Å²) in [7, 11) is 0. The van der Waals surface area contributed by atoms with Gasteiger partial charge >= 0.3 is 0 Å². The van der Waals surface area contributed by atoms with E-state index < -0.39 is 0 Å².